The molecule has 1 atom stereocenters. The van der Waals surface area contributed by atoms with Crippen molar-refractivity contribution in [3.05, 3.63) is 54.1 Å². The van der Waals surface area contributed by atoms with E-state index in [0.717, 1.165) is 44.0 Å². The number of nitrogens with zero attached hydrogens (tertiary/aromatic N) is 3. The lowest BCUT2D eigenvalue weighted by atomic mass is 10.1. The molecule has 0 saturated carbocycles. The van der Waals surface area contributed by atoms with Crippen LogP contribution in [-0.4, -0.2) is 56.7 Å². The molecule has 0 spiro atoms. The number of methoxy groups -OCH3 is 1. The topological polar surface area (TPSA) is 36.0 Å². The Morgan fingerprint density at radius 1 is 1.07 bits per heavy atom. The Morgan fingerprint density at radius 2 is 1.85 bits per heavy atom. The number of hydrogen-bond acceptors (Lipinski definition) is 4. The lowest BCUT2D eigenvalue weighted by Crippen LogP contribution is -2.51. The lowest BCUT2D eigenvalue weighted by Gasteiger charge is -2.36. The SMILES string of the molecule is COc1cccc(N2CCN(CC(=O)N3c4ccccc4C[C@H]3C)CC2)c1. The minimum Gasteiger partial charge on any atom is -0.497 e. The summed E-state index contributed by atoms with van der Waals surface area (Å²) in [6.45, 7) is 6.27. The predicted molar refractivity (Wildman–Crippen MR) is 109 cm³/mol. The molecular formula is C22H27N3O2. The first-order valence-electron chi connectivity index (χ1n) is 9.67. The van der Waals surface area contributed by atoms with Gasteiger partial charge in [0.15, 0.2) is 0 Å². The van der Waals surface area contributed by atoms with Crippen LogP contribution in [0.4, 0.5) is 11.4 Å². The smallest absolute Gasteiger partial charge is 0.241 e. The summed E-state index contributed by atoms with van der Waals surface area (Å²) in [7, 11) is 1.69. The summed E-state index contributed by atoms with van der Waals surface area (Å²) >= 11 is 0. The van der Waals surface area contributed by atoms with Gasteiger partial charge in [0.1, 0.15) is 5.75 Å². The van der Waals surface area contributed by atoms with Crippen LogP contribution in [0.3, 0.4) is 0 Å². The molecule has 0 unspecified atom stereocenters. The van der Waals surface area contributed by atoms with Crippen molar-refractivity contribution < 1.29 is 9.53 Å². The monoisotopic (exact) mass is 365 g/mol. The molecule has 1 amide bonds. The third-order valence-electron chi connectivity index (χ3n) is 5.63. The van der Waals surface area contributed by atoms with Gasteiger partial charge in [0.2, 0.25) is 5.91 Å². The van der Waals surface area contributed by atoms with Gasteiger partial charge in [0, 0.05) is 49.7 Å². The van der Waals surface area contributed by atoms with E-state index >= 15 is 0 Å². The normalized spacial score (nSPS) is 19.9. The number of anilines is 2. The summed E-state index contributed by atoms with van der Waals surface area (Å²) in [4.78, 5) is 19.6. The van der Waals surface area contributed by atoms with Gasteiger partial charge < -0.3 is 14.5 Å². The highest BCUT2D eigenvalue weighted by molar-refractivity contribution is 5.97. The van der Waals surface area contributed by atoms with Crippen molar-refractivity contribution in [2.45, 2.75) is 19.4 Å². The van der Waals surface area contributed by atoms with Crippen LogP contribution in [0, 0.1) is 0 Å². The number of fused-ring (bicyclic) bond motifs is 1. The second kappa shape index (κ2) is 7.61. The van der Waals surface area contributed by atoms with E-state index in [1.165, 1.54) is 11.3 Å². The van der Waals surface area contributed by atoms with Gasteiger partial charge in [0.05, 0.1) is 13.7 Å². The fraction of sp³-hybridized carbons (Fsp3) is 0.409. The summed E-state index contributed by atoms with van der Waals surface area (Å²) in [6, 6.07) is 16.7. The standard InChI is InChI=1S/C22H27N3O2/c1-17-14-18-6-3-4-9-21(18)25(17)22(26)16-23-10-12-24(13-11-23)19-7-5-8-20(15-19)27-2/h3-9,15,17H,10-14,16H2,1-2H3/t17-/m1/s1. The fourth-order valence-corrected chi connectivity index (χ4v) is 4.18. The number of piperazine rings is 1. The third-order valence-corrected chi connectivity index (χ3v) is 5.63. The molecule has 5 heteroatoms. The average Bonchev–Trinajstić information content (AvgIpc) is 3.04. The van der Waals surface area contributed by atoms with E-state index < -0.39 is 0 Å². The van der Waals surface area contributed by atoms with Crippen LogP contribution in [0.5, 0.6) is 5.75 Å². The van der Waals surface area contributed by atoms with E-state index in [0.29, 0.717) is 6.54 Å². The Kier molecular flexibility index (Phi) is 5.03. The molecule has 0 aliphatic carbocycles. The maximum absolute atomic E-state index is 13.0. The molecule has 0 N–H and O–H groups in total. The van der Waals surface area contributed by atoms with E-state index in [2.05, 4.69) is 47.1 Å². The molecule has 2 aliphatic rings. The van der Waals surface area contributed by atoms with Crippen molar-refractivity contribution in [1.82, 2.24) is 4.90 Å². The van der Waals surface area contributed by atoms with Crippen molar-refractivity contribution in [2.75, 3.05) is 49.6 Å². The maximum atomic E-state index is 13.0. The van der Waals surface area contributed by atoms with Crippen LogP contribution >= 0.6 is 0 Å². The molecular weight excluding hydrogens is 338 g/mol. The second-order valence-electron chi connectivity index (χ2n) is 7.41. The molecule has 1 fully saturated rings. The molecule has 1 saturated heterocycles. The van der Waals surface area contributed by atoms with E-state index in [9.17, 15) is 4.79 Å². The Bertz CT molecular complexity index is 815. The van der Waals surface area contributed by atoms with Crippen molar-refractivity contribution >= 4 is 17.3 Å². The van der Waals surface area contributed by atoms with Gasteiger partial charge in [-0.25, -0.2) is 0 Å². The summed E-state index contributed by atoms with van der Waals surface area (Å²) < 4.78 is 5.33. The van der Waals surface area contributed by atoms with E-state index in [1.54, 1.807) is 7.11 Å². The van der Waals surface area contributed by atoms with Crippen molar-refractivity contribution in [3.8, 4) is 5.75 Å². The second-order valence-corrected chi connectivity index (χ2v) is 7.41. The van der Waals surface area contributed by atoms with Crippen molar-refractivity contribution in [2.24, 2.45) is 0 Å². The molecule has 27 heavy (non-hydrogen) atoms. The zero-order valence-electron chi connectivity index (χ0n) is 16.1. The molecule has 0 radical (unpaired) electrons. The molecule has 0 aromatic heterocycles. The molecule has 4 rings (SSSR count). The zero-order valence-corrected chi connectivity index (χ0v) is 16.1. The number of benzene rings is 2. The van der Waals surface area contributed by atoms with Crippen LogP contribution in [0.1, 0.15) is 12.5 Å². The summed E-state index contributed by atoms with van der Waals surface area (Å²) in [5.74, 6) is 1.09. The maximum Gasteiger partial charge on any atom is 0.241 e. The first-order valence-corrected chi connectivity index (χ1v) is 9.67. The highest BCUT2D eigenvalue weighted by Gasteiger charge is 2.31. The highest BCUT2D eigenvalue weighted by Crippen LogP contribution is 2.32. The number of rotatable bonds is 4. The number of amides is 1. The summed E-state index contributed by atoms with van der Waals surface area (Å²) in [5.41, 5.74) is 3.55. The Balaban J connectivity index is 1.36. The van der Waals surface area contributed by atoms with Gasteiger partial charge >= 0.3 is 0 Å². The van der Waals surface area contributed by atoms with Crippen molar-refractivity contribution in [1.29, 1.82) is 0 Å². The highest BCUT2D eigenvalue weighted by atomic mass is 16.5. The molecule has 142 valence electrons. The minimum absolute atomic E-state index is 0.210. The van der Waals surface area contributed by atoms with Crippen LogP contribution in [0.25, 0.3) is 0 Å². The molecule has 2 aliphatic heterocycles. The molecule has 5 nitrogen and oxygen atoms in total. The molecule has 2 aromatic carbocycles. The van der Waals surface area contributed by atoms with Crippen molar-refractivity contribution in [3.63, 3.8) is 0 Å². The summed E-state index contributed by atoms with van der Waals surface area (Å²) in [6.07, 6.45) is 0.950. The van der Waals surface area contributed by atoms with E-state index in [1.807, 2.05) is 23.1 Å². The van der Waals surface area contributed by atoms with Crippen LogP contribution in [0.15, 0.2) is 48.5 Å². The minimum atomic E-state index is 0.210. The molecule has 2 aromatic rings. The van der Waals surface area contributed by atoms with Gasteiger partial charge in [0.25, 0.3) is 0 Å². The van der Waals surface area contributed by atoms with Crippen LogP contribution < -0.4 is 14.5 Å². The average molecular weight is 365 g/mol. The van der Waals surface area contributed by atoms with Gasteiger partial charge in [-0.05, 0) is 37.1 Å². The Labute approximate surface area is 161 Å². The number of para-hydroxylation sites is 1. The number of carbonyl (C=O) groups is 1. The van der Waals surface area contributed by atoms with Gasteiger partial charge in [-0.1, -0.05) is 24.3 Å². The van der Waals surface area contributed by atoms with Crippen LogP contribution in [0.2, 0.25) is 0 Å². The Morgan fingerprint density at radius 3 is 2.63 bits per heavy atom. The third kappa shape index (κ3) is 3.65. The summed E-state index contributed by atoms with van der Waals surface area (Å²) in [5, 5.41) is 0. The predicted octanol–water partition coefficient (Wildman–Crippen LogP) is 2.80. The molecule has 2 heterocycles. The number of ether oxygens (including phenoxy) is 1. The van der Waals surface area contributed by atoms with Gasteiger partial charge in [-0.3, -0.25) is 9.69 Å². The Hall–Kier alpha value is -2.53. The van der Waals surface area contributed by atoms with E-state index in [-0.39, 0.29) is 11.9 Å². The first kappa shape index (κ1) is 17.9. The van der Waals surface area contributed by atoms with Gasteiger partial charge in [-0.2, -0.15) is 0 Å². The lowest BCUT2D eigenvalue weighted by molar-refractivity contribution is -0.120. The van der Waals surface area contributed by atoms with Gasteiger partial charge in [-0.15, -0.1) is 0 Å². The fourth-order valence-electron chi connectivity index (χ4n) is 4.18. The number of hydrogen-bond donors (Lipinski definition) is 0. The zero-order chi connectivity index (χ0) is 18.8. The van der Waals surface area contributed by atoms with E-state index in [4.69, 9.17) is 4.74 Å². The largest absolute Gasteiger partial charge is 0.497 e. The quantitative estimate of drug-likeness (QED) is 0.835. The first-order chi connectivity index (χ1) is 13.2. The molecule has 0 bridgehead atoms. The van der Waals surface area contributed by atoms with Crippen LogP contribution in [-0.2, 0) is 11.2 Å². The number of carbonyl (C=O) groups excluding carboxylic acids is 1.